The Balaban J connectivity index is 2.30. The average Bonchev–Trinajstić information content (AvgIpc) is 2.25. The molecule has 88 valence electrons. The first-order chi connectivity index (χ1) is 7.58. The lowest BCUT2D eigenvalue weighted by atomic mass is 10.2. The van der Waals surface area contributed by atoms with Crippen LogP contribution in [0.1, 0.15) is 13.8 Å². The fourth-order valence-electron chi connectivity index (χ4n) is 1.77. The molecule has 1 aliphatic rings. The predicted molar refractivity (Wildman–Crippen MR) is 58.6 cm³/mol. The zero-order valence-electron chi connectivity index (χ0n) is 9.35. The van der Waals surface area contributed by atoms with Gasteiger partial charge in [-0.25, -0.2) is 9.37 Å². The number of nitrogens with zero attached hydrogens (tertiary/aromatic N) is 3. The molecular weight excluding hydrogens is 211 g/mol. The number of hydrogen-bond acceptors (Lipinski definition) is 5. The lowest BCUT2D eigenvalue weighted by Crippen LogP contribution is -2.48. The zero-order valence-corrected chi connectivity index (χ0v) is 9.35. The van der Waals surface area contributed by atoms with Crippen LogP contribution in [0, 0.1) is 5.82 Å². The second-order valence-electron chi connectivity index (χ2n) is 4.05. The Bertz CT molecular complexity index is 387. The molecule has 0 radical (unpaired) electrons. The topological polar surface area (TPSA) is 64.3 Å². The number of rotatable bonds is 1. The Morgan fingerprint density at radius 2 is 2.31 bits per heavy atom. The van der Waals surface area contributed by atoms with Crippen LogP contribution >= 0.6 is 0 Å². The molecule has 0 aliphatic carbocycles. The molecule has 2 N–H and O–H groups in total. The molecule has 1 aliphatic heterocycles. The van der Waals surface area contributed by atoms with E-state index in [0.29, 0.717) is 13.2 Å². The van der Waals surface area contributed by atoms with Crippen molar-refractivity contribution in [3.05, 3.63) is 12.0 Å². The Hall–Kier alpha value is -1.43. The van der Waals surface area contributed by atoms with Gasteiger partial charge >= 0.3 is 0 Å². The van der Waals surface area contributed by atoms with Crippen molar-refractivity contribution < 1.29 is 9.13 Å². The van der Waals surface area contributed by atoms with Gasteiger partial charge in [-0.05, 0) is 13.8 Å². The van der Waals surface area contributed by atoms with Crippen LogP contribution in [-0.2, 0) is 4.74 Å². The van der Waals surface area contributed by atoms with E-state index in [0.717, 1.165) is 6.20 Å². The van der Waals surface area contributed by atoms with Crippen LogP contribution in [0.15, 0.2) is 6.20 Å². The molecule has 1 fully saturated rings. The highest BCUT2D eigenvalue weighted by atomic mass is 19.1. The summed E-state index contributed by atoms with van der Waals surface area (Å²) in [6, 6.07) is 0.0833. The smallest absolute Gasteiger partial charge is 0.222 e. The van der Waals surface area contributed by atoms with Crippen molar-refractivity contribution in [1.29, 1.82) is 0 Å². The molecular formula is C10H15FN4O. The van der Waals surface area contributed by atoms with Gasteiger partial charge in [-0.3, -0.25) is 0 Å². The lowest BCUT2D eigenvalue weighted by molar-refractivity contribution is 0.0337. The molecule has 2 rings (SSSR count). The SMILES string of the molecule is CC1CN(c2nc(N)ncc2F)C(C)CO1. The van der Waals surface area contributed by atoms with Gasteiger partial charge in [0.25, 0.3) is 0 Å². The van der Waals surface area contributed by atoms with Crippen LogP contribution in [0.3, 0.4) is 0 Å². The third-order valence-electron chi connectivity index (χ3n) is 2.62. The number of hydrogen-bond donors (Lipinski definition) is 1. The van der Waals surface area contributed by atoms with Gasteiger partial charge in [-0.2, -0.15) is 4.98 Å². The minimum atomic E-state index is -0.449. The zero-order chi connectivity index (χ0) is 11.7. The molecule has 2 atom stereocenters. The van der Waals surface area contributed by atoms with E-state index in [2.05, 4.69) is 9.97 Å². The molecule has 2 unspecified atom stereocenters. The molecule has 0 bridgehead atoms. The summed E-state index contributed by atoms with van der Waals surface area (Å²) in [6.45, 7) is 5.07. The van der Waals surface area contributed by atoms with E-state index < -0.39 is 5.82 Å². The van der Waals surface area contributed by atoms with E-state index in [1.807, 2.05) is 18.7 Å². The monoisotopic (exact) mass is 226 g/mol. The highest BCUT2D eigenvalue weighted by Gasteiger charge is 2.26. The van der Waals surface area contributed by atoms with E-state index in [-0.39, 0.29) is 23.9 Å². The Morgan fingerprint density at radius 3 is 3.06 bits per heavy atom. The van der Waals surface area contributed by atoms with Gasteiger partial charge in [0, 0.05) is 6.54 Å². The highest BCUT2D eigenvalue weighted by Crippen LogP contribution is 2.22. The Morgan fingerprint density at radius 1 is 1.56 bits per heavy atom. The van der Waals surface area contributed by atoms with Gasteiger partial charge in [-0.15, -0.1) is 0 Å². The molecule has 0 spiro atoms. The summed E-state index contributed by atoms with van der Waals surface area (Å²) in [5, 5.41) is 0. The number of anilines is 2. The molecule has 2 heterocycles. The molecule has 16 heavy (non-hydrogen) atoms. The maximum atomic E-state index is 13.6. The Kier molecular flexibility index (Phi) is 2.91. The van der Waals surface area contributed by atoms with Crippen LogP contribution in [0.4, 0.5) is 16.2 Å². The lowest BCUT2D eigenvalue weighted by Gasteiger charge is -2.37. The van der Waals surface area contributed by atoms with Crippen molar-refractivity contribution in [1.82, 2.24) is 9.97 Å². The molecule has 0 aromatic carbocycles. The van der Waals surface area contributed by atoms with Gasteiger partial charge in [0.2, 0.25) is 5.95 Å². The molecule has 5 nitrogen and oxygen atoms in total. The molecule has 1 saturated heterocycles. The minimum Gasteiger partial charge on any atom is -0.375 e. The van der Waals surface area contributed by atoms with Gasteiger partial charge < -0.3 is 15.4 Å². The number of nitrogen functional groups attached to an aromatic ring is 1. The number of ether oxygens (including phenoxy) is 1. The summed E-state index contributed by atoms with van der Waals surface area (Å²) in [4.78, 5) is 9.42. The second-order valence-corrected chi connectivity index (χ2v) is 4.05. The third kappa shape index (κ3) is 2.06. The van der Waals surface area contributed by atoms with Crippen LogP contribution < -0.4 is 10.6 Å². The first-order valence-corrected chi connectivity index (χ1v) is 5.24. The van der Waals surface area contributed by atoms with Crippen LogP contribution in [0.5, 0.6) is 0 Å². The van der Waals surface area contributed by atoms with E-state index in [9.17, 15) is 4.39 Å². The van der Waals surface area contributed by atoms with E-state index in [1.54, 1.807) is 0 Å². The quantitative estimate of drug-likeness (QED) is 0.767. The largest absolute Gasteiger partial charge is 0.375 e. The van der Waals surface area contributed by atoms with Crippen LogP contribution in [0.2, 0.25) is 0 Å². The number of halogens is 1. The van der Waals surface area contributed by atoms with Crippen molar-refractivity contribution in [2.45, 2.75) is 26.0 Å². The van der Waals surface area contributed by atoms with E-state index in [4.69, 9.17) is 10.5 Å². The number of aromatic nitrogens is 2. The first-order valence-electron chi connectivity index (χ1n) is 5.24. The molecule has 1 aromatic rings. The predicted octanol–water partition coefficient (Wildman–Crippen LogP) is 0.811. The average molecular weight is 226 g/mol. The van der Waals surface area contributed by atoms with Crippen molar-refractivity contribution in [2.24, 2.45) is 0 Å². The summed E-state index contributed by atoms with van der Waals surface area (Å²) < 4.78 is 19.1. The summed E-state index contributed by atoms with van der Waals surface area (Å²) in [5.41, 5.74) is 5.47. The third-order valence-corrected chi connectivity index (χ3v) is 2.62. The maximum absolute atomic E-state index is 13.6. The summed E-state index contributed by atoms with van der Waals surface area (Å²) in [6.07, 6.45) is 1.16. The summed E-state index contributed by atoms with van der Waals surface area (Å²) in [7, 11) is 0. The van der Waals surface area contributed by atoms with Crippen molar-refractivity contribution in [3.63, 3.8) is 0 Å². The highest BCUT2D eigenvalue weighted by molar-refractivity contribution is 5.44. The van der Waals surface area contributed by atoms with Gasteiger partial charge in [0.15, 0.2) is 11.6 Å². The second kappa shape index (κ2) is 4.21. The fraction of sp³-hybridized carbons (Fsp3) is 0.600. The summed E-state index contributed by atoms with van der Waals surface area (Å²) >= 11 is 0. The first kappa shape index (κ1) is 11.1. The van der Waals surface area contributed by atoms with E-state index in [1.165, 1.54) is 0 Å². The number of nitrogens with two attached hydrogens (primary N) is 1. The molecule has 0 amide bonds. The standard InChI is InChI=1S/C10H15FN4O/c1-6-5-16-7(2)4-15(6)9-8(11)3-13-10(12)14-9/h3,6-7H,4-5H2,1-2H3,(H2,12,13,14). The van der Waals surface area contributed by atoms with Gasteiger partial charge in [-0.1, -0.05) is 0 Å². The van der Waals surface area contributed by atoms with Crippen molar-refractivity contribution in [2.75, 3.05) is 23.8 Å². The Labute approximate surface area is 93.4 Å². The molecule has 0 saturated carbocycles. The molecule has 6 heteroatoms. The number of morpholine rings is 1. The van der Waals surface area contributed by atoms with Crippen molar-refractivity contribution >= 4 is 11.8 Å². The molecule has 1 aromatic heterocycles. The van der Waals surface area contributed by atoms with E-state index >= 15 is 0 Å². The minimum absolute atomic E-state index is 0.0618. The fourth-order valence-corrected chi connectivity index (χ4v) is 1.77. The summed E-state index contributed by atoms with van der Waals surface area (Å²) in [5.74, 6) is -0.104. The van der Waals surface area contributed by atoms with Crippen molar-refractivity contribution in [3.8, 4) is 0 Å². The normalized spacial score (nSPS) is 25.8. The van der Waals surface area contributed by atoms with Crippen LogP contribution in [0.25, 0.3) is 0 Å². The van der Waals surface area contributed by atoms with Gasteiger partial charge in [0.1, 0.15) is 0 Å². The maximum Gasteiger partial charge on any atom is 0.222 e. The van der Waals surface area contributed by atoms with Crippen LogP contribution in [-0.4, -0.2) is 35.3 Å². The van der Waals surface area contributed by atoms with Gasteiger partial charge in [0.05, 0.1) is 24.9 Å².